The zero-order valence-electron chi connectivity index (χ0n) is 56.2. The fourth-order valence-corrected chi connectivity index (χ4v) is 16.0. The molecule has 0 aliphatic rings. The van der Waals surface area contributed by atoms with Gasteiger partial charge in [-0.15, -0.1) is 0 Å². The van der Waals surface area contributed by atoms with Crippen LogP contribution in [0, 0.1) is 0 Å². The molecule has 0 aliphatic heterocycles. The average Bonchev–Trinajstić information content (AvgIpc) is 1.49. The molecule has 0 radical (unpaired) electrons. The van der Waals surface area contributed by atoms with Crippen LogP contribution >= 0.6 is 0 Å². The molecule has 0 fully saturated rings. The van der Waals surface area contributed by atoms with Crippen molar-refractivity contribution in [1.29, 1.82) is 0 Å². The Morgan fingerprint density at radius 1 is 0.163 bits per heavy atom. The zero-order valence-corrected chi connectivity index (χ0v) is 56.2. The van der Waals surface area contributed by atoms with Gasteiger partial charge in [-0.3, -0.25) is 0 Å². The summed E-state index contributed by atoms with van der Waals surface area (Å²) >= 11 is 0. The first-order chi connectivity index (χ1) is 51.5. The highest BCUT2D eigenvalue weighted by Gasteiger charge is 2.25. The van der Waals surface area contributed by atoms with E-state index >= 15 is 0 Å². The minimum atomic E-state index is 0.835. The van der Waals surface area contributed by atoms with Crippen molar-refractivity contribution in [3.05, 3.63) is 364 Å². The third kappa shape index (κ3) is 9.79. The third-order valence-corrected chi connectivity index (χ3v) is 21.1. The standard InChI is InChI=1S/C98H60N2O4/c1-2-17-67-56-68(41-38-61(67)16-1)65-46-50-73(51-47-65)100(75-53-55-95-88(60-75)81-22-7-11-32-92(81)102-95)90-30-9-4-19-78(90)83-25-15-28-86-85-27-13-23-76(96(85)104-98(83)86)70-43-40-66-39-42-69(57-71(66)58-70)64-36-34-62(35-37-64)63-44-48-72(49-45-63)99(74-52-54-94-87(59-74)80-21-6-10-31-91(80)101-94)89-29-8-3-18-77(89)82-24-14-26-84-79-20-5-12-33-93(79)103-97(82)84/h1-60H. The summed E-state index contributed by atoms with van der Waals surface area (Å²) in [6, 6.07) is 130. The Morgan fingerprint density at radius 2 is 0.490 bits per heavy atom. The van der Waals surface area contributed by atoms with Crippen LogP contribution in [-0.2, 0) is 0 Å². The van der Waals surface area contributed by atoms with Gasteiger partial charge in [0.1, 0.15) is 44.7 Å². The molecule has 0 spiro atoms. The van der Waals surface area contributed by atoms with Gasteiger partial charge in [-0.2, -0.15) is 0 Å². The van der Waals surface area contributed by atoms with Gasteiger partial charge in [0.2, 0.25) is 0 Å². The molecule has 0 bridgehead atoms. The van der Waals surface area contributed by atoms with Crippen LogP contribution in [0.4, 0.5) is 34.1 Å². The monoisotopic (exact) mass is 1330 g/mol. The maximum Gasteiger partial charge on any atom is 0.143 e. The Kier molecular flexibility index (Phi) is 13.5. The molecule has 0 aliphatic carbocycles. The lowest BCUT2D eigenvalue weighted by Crippen LogP contribution is -2.11. The number of rotatable bonds is 12. The first-order valence-corrected chi connectivity index (χ1v) is 35.3. The molecule has 0 N–H and O–H groups in total. The van der Waals surface area contributed by atoms with Crippen LogP contribution in [-0.4, -0.2) is 0 Å². The predicted octanol–water partition coefficient (Wildman–Crippen LogP) is 28.5. The van der Waals surface area contributed by atoms with E-state index < -0.39 is 0 Å². The molecule has 21 aromatic rings. The lowest BCUT2D eigenvalue weighted by atomic mass is 9.95. The quantitative estimate of drug-likeness (QED) is 0.121. The second kappa shape index (κ2) is 23.9. The van der Waals surface area contributed by atoms with Gasteiger partial charge < -0.3 is 27.5 Å². The summed E-state index contributed by atoms with van der Waals surface area (Å²) in [6.45, 7) is 0. The van der Waals surface area contributed by atoms with Crippen LogP contribution in [0.15, 0.2) is 382 Å². The highest BCUT2D eigenvalue weighted by Crippen LogP contribution is 2.50. The Labute approximate surface area is 598 Å². The van der Waals surface area contributed by atoms with Crippen molar-refractivity contribution in [2.45, 2.75) is 0 Å². The Hall–Kier alpha value is -13.9. The fraction of sp³-hybridized carbons (Fsp3) is 0. The Bertz CT molecular complexity index is 6990. The second-order valence-electron chi connectivity index (χ2n) is 27.0. The van der Waals surface area contributed by atoms with Gasteiger partial charge in [-0.25, -0.2) is 0 Å². The number of hydrogen-bond donors (Lipinski definition) is 0. The third-order valence-electron chi connectivity index (χ3n) is 21.1. The van der Waals surface area contributed by atoms with E-state index in [1.165, 1.54) is 21.7 Å². The lowest BCUT2D eigenvalue weighted by molar-refractivity contribution is 0.668. The SMILES string of the molecule is c1ccc(N(c2ccc(-c3ccc(-c4ccc5ccc(-c6cccc7c6oc6c(-c8ccccc8N(c8ccc(-c9ccc%10ccccc%10c9)cc8)c8ccc9oc%10ccccc%10c9c8)cccc67)cc5c4)cc3)cc2)c2ccc3oc4ccccc4c3c2)c(-c2cccc3c2oc2ccccc23)c1. The van der Waals surface area contributed by atoms with E-state index in [0.717, 1.165) is 188 Å². The van der Waals surface area contributed by atoms with Gasteiger partial charge in [0.25, 0.3) is 0 Å². The van der Waals surface area contributed by atoms with E-state index in [2.05, 4.69) is 337 Å². The van der Waals surface area contributed by atoms with Crippen molar-refractivity contribution in [3.8, 4) is 66.8 Å². The van der Waals surface area contributed by atoms with Gasteiger partial charge >= 0.3 is 0 Å². The molecule has 486 valence electrons. The number of nitrogens with zero attached hydrogens (tertiary/aromatic N) is 2. The van der Waals surface area contributed by atoms with Gasteiger partial charge in [0.05, 0.1) is 11.4 Å². The summed E-state index contributed by atoms with van der Waals surface area (Å²) < 4.78 is 26.7. The number of anilines is 6. The fourth-order valence-electron chi connectivity index (χ4n) is 16.0. The molecule has 104 heavy (non-hydrogen) atoms. The molecule has 21 rings (SSSR count). The van der Waals surface area contributed by atoms with Crippen molar-refractivity contribution in [3.63, 3.8) is 0 Å². The highest BCUT2D eigenvalue weighted by molar-refractivity contribution is 6.16. The van der Waals surface area contributed by atoms with Gasteiger partial charge in [0.15, 0.2) is 0 Å². The molecule has 0 atom stereocenters. The van der Waals surface area contributed by atoms with Crippen molar-refractivity contribution >= 4 is 143 Å². The topological polar surface area (TPSA) is 59.0 Å². The summed E-state index contributed by atoms with van der Waals surface area (Å²) in [5.74, 6) is 0. The average molecular weight is 1330 g/mol. The molecule has 0 saturated carbocycles. The van der Waals surface area contributed by atoms with Crippen LogP contribution in [0.3, 0.4) is 0 Å². The van der Waals surface area contributed by atoms with Gasteiger partial charge in [-0.05, 0) is 170 Å². The highest BCUT2D eigenvalue weighted by atomic mass is 16.3. The second-order valence-corrected chi connectivity index (χ2v) is 27.0. The number of furan rings is 4. The minimum Gasteiger partial charge on any atom is -0.456 e. The Morgan fingerprint density at radius 3 is 1.03 bits per heavy atom. The molecule has 0 amide bonds. The van der Waals surface area contributed by atoms with E-state index in [9.17, 15) is 0 Å². The predicted molar refractivity (Wildman–Crippen MR) is 433 cm³/mol. The summed E-state index contributed by atoms with van der Waals surface area (Å²) in [5, 5.41) is 13.4. The van der Waals surface area contributed by atoms with Crippen LogP contribution in [0.5, 0.6) is 0 Å². The zero-order chi connectivity index (χ0) is 68.3. The molecule has 4 aromatic heterocycles. The minimum absolute atomic E-state index is 0.835. The van der Waals surface area contributed by atoms with E-state index in [1.807, 2.05) is 36.4 Å². The summed E-state index contributed by atoms with van der Waals surface area (Å²) in [5.41, 5.74) is 26.1. The van der Waals surface area contributed by atoms with E-state index in [0.29, 0.717) is 0 Å². The smallest absolute Gasteiger partial charge is 0.143 e. The number of benzene rings is 17. The first-order valence-electron chi connectivity index (χ1n) is 35.3. The molecule has 6 heteroatoms. The molecule has 4 heterocycles. The normalized spacial score (nSPS) is 11.8. The van der Waals surface area contributed by atoms with Crippen molar-refractivity contribution in [1.82, 2.24) is 0 Å². The molecule has 6 nitrogen and oxygen atoms in total. The summed E-state index contributed by atoms with van der Waals surface area (Å²) in [7, 11) is 0. The van der Waals surface area contributed by atoms with Crippen molar-refractivity contribution < 1.29 is 17.7 Å². The summed E-state index contributed by atoms with van der Waals surface area (Å²) in [6.07, 6.45) is 0. The van der Waals surface area contributed by atoms with Crippen LogP contribution in [0.2, 0.25) is 0 Å². The van der Waals surface area contributed by atoms with E-state index in [4.69, 9.17) is 17.7 Å². The molecular weight excluding hydrogens is 1270 g/mol. The number of fused-ring (bicyclic) bond motifs is 14. The number of hydrogen-bond acceptors (Lipinski definition) is 6. The molecule has 0 saturated heterocycles. The lowest BCUT2D eigenvalue weighted by Gasteiger charge is -2.28. The Balaban J connectivity index is 0.607. The van der Waals surface area contributed by atoms with Gasteiger partial charge in [-0.1, -0.05) is 255 Å². The molecule has 17 aromatic carbocycles. The van der Waals surface area contributed by atoms with Crippen LogP contribution < -0.4 is 9.80 Å². The van der Waals surface area contributed by atoms with E-state index in [-0.39, 0.29) is 0 Å². The van der Waals surface area contributed by atoms with Crippen molar-refractivity contribution in [2.75, 3.05) is 9.80 Å². The molecular formula is C98H60N2O4. The maximum absolute atomic E-state index is 7.30. The number of para-hydroxylation sites is 8. The van der Waals surface area contributed by atoms with Crippen LogP contribution in [0.1, 0.15) is 0 Å². The molecule has 0 unspecified atom stereocenters. The van der Waals surface area contributed by atoms with Crippen LogP contribution in [0.25, 0.3) is 176 Å². The van der Waals surface area contributed by atoms with Crippen molar-refractivity contribution in [2.24, 2.45) is 0 Å². The van der Waals surface area contributed by atoms with E-state index in [1.54, 1.807) is 0 Å². The van der Waals surface area contributed by atoms with Gasteiger partial charge in [0, 0.05) is 93.7 Å². The summed E-state index contributed by atoms with van der Waals surface area (Å²) in [4.78, 5) is 4.73. The largest absolute Gasteiger partial charge is 0.456 e. The maximum atomic E-state index is 7.30. The first kappa shape index (κ1) is 59.0.